The van der Waals surface area contributed by atoms with E-state index in [-0.39, 0.29) is 11.3 Å². The molecule has 1 aromatic heterocycles. The zero-order chi connectivity index (χ0) is 15.8. The third-order valence-electron chi connectivity index (χ3n) is 2.55. The van der Waals surface area contributed by atoms with E-state index in [1.807, 2.05) is 6.07 Å². The molecule has 0 aliphatic carbocycles. The van der Waals surface area contributed by atoms with Crippen molar-refractivity contribution in [1.82, 2.24) is 9.78 Å². The molecule has 1 aromatic carbocycles. The molecule has 1 N–H and O–H groups in total. The Labute approximate surface area is 120 Å². The van der Waals surface area contributed by atoms with E-state index in [1.165, 1.54) is 24.3 Å². The molecule has 0 saturated heterocycles. The van der Waals surface area contributed by atoms with E-state index < -0.39 is 28.6 Å². The molecule has 0 radical (unpaired) electrons. The summed E-state index contributed by atoms with van der Waals surface area (Å²) >= 11 is 5.69. The molecular weight excluding hydrogens is 311 g/mol. The van der Waals surface area contributed by atoms with Gasteiger partial charge in [0, 0.05) is 0 Å². The van der Waals surface area contributed by atoms with Crippen LogP contribution >= 0.6 is 11.6 Å². The topological polar surface area (TPSA) is 78.9 Å². The molecule has 0 aliphatic heterocycles. The first-order chi connectivity index (χ1) is 9.75. The second-order valence-electron chi connectivity index (χ2n) is 3.89. The number of alkyl halides is 3. The first-order valence-corrected chi connectivity index (χ1v) is 5.73. The van der Waals surface area contributed by atoms with Gasteiger partial charge in [0.1, 0.15) is 10.7 Å². The van der Waals surface area contributed by atoms with E-state index in [0.29, 0.717) is 4.68 Å². The van der Waals surface area contributed by atoms with Crippen LogP contribution in [0.3, 0.4) is 0 Å². The molecule has 0 spiro atoms. The lowest BCUT2D eigenvalue weighted by Crippen LogP contribution is -2.12. The summed E-state index contributed by atoms with van der Waals surface area (Å²) in [5, 5.41) is 20.1. The number of carboxylic acid groups (broad SMARTS) is 1. The third kappa shape index (κ3) is 2.68. The Morgan fingerprint density at radius 1 is 1.33 bits per heavy atom. The highest BCUT2D eigenvalue weighted by Gasteiger charge is 2.41. The van der Waals surface area contributed by atoms with Crippen molar-refractivity contribution in [3.63, 3.8) is 0 Å². The van der Waals surface area contributed by atoms with Crippen molar-refractivity contribution in [3.05, 3.63) is 46.2 Å². The van der Waals surface area contributed by atoms with Crippen LogP contribution in [0.15, 0.2) is 24.3 Å². The minimum Gasteiger partial charge on any atom is -0.478 e. The fourth-order valence-corrected chi connectivity index (χ4v) is 1.94. The molecule has 0 aliphatic rings. The number of aromatic nitrogens is 2. The minimum absolute atomic E-state index is 0.108. The largest absolute Gasteiger partial charge is 0.478 e. The van der Waals surface area contributed by atoms with Crippen molar-refractivity contribution in [2.45, 2.75) is 6.18 Å². The van der Waals surface area contributed by atoms with Crippen LogP contribution in [0.5, 0.6) is 0 Å². The maximum atomic E-state index is 12.8. The van der Waals surface area contributed by atoms with Gasteiger partial charge >= 0.3 is 12.1 Å². The Hall–Kier alpha value is -2.53. The predicted octanol–water partition coefficient (Wildman–Crippen LogP) is 3.11. The van der Waals surface area contributed by atoms with Crippen LogP contribution in [0.4, 0.5) is 13.2 Å². The van der Waals surface area contributed by atoms with E-state index in [2.05, 4.69) is 5.10 Å². The highest BCUT2D eigenvalue weighted by Crippen LogP contribution is 2.35. The highest BCUT2D eigenvalue weighted by molar-refractivity contribution is 6.33. The Morgan fingerprint density at radius 3 is 2.29 bits per heavy atom. The number of nitrogens with zero attached hydrogens (tertiary/aromatic N) is 3. The Balaban J connectivity index is 2.65. The highest BCUT2D eigenvalue weighted by atomic mass is 35.5. The van der Waals surface area contributed by atoms with Gasteiger partial charge in [-0.25, -0.2) is 9.48 Å². The van der Waals surface area contributed by atoms with Gasteiger partial charge in [-0.05, 0) is 24.3 Å². The SMILES string of the molecule is N#Cc1ccc(-n2nc(C(F)(F)F)c(C(=O)O)c2Cl)cc1. The predicted molar refractivity (Wildman–Crippen MR) is 65.3 cm³/mol. The van der Waals surface area contributed by atoms with Gasteiger partial charge in [0.05, 0.1) is 17.3 Å². The Bertz CT molecular complexity index is 745. The molecule has 0 saturated carbocycles. The lowest BCUT2D eigenvalue weighted by molar-refractivity contribution is -0.141. The average Bonchev–Trinajstić information content (AvgIpc) is 2.76. The van der Waals surface area contributed by atoms with Crippen LogP contribution < -0.4 is 0 Å². The fourth-order valence-electron chi connectivity index (χ4n) is 1.63. The second kappa shape index (κ2) is 5.10. The zero-order valence-electron chi connectivity index (χ0n) is 10.0. The first-order valence-electron chi connectivity index (χ1n) is 5.35. The van der Waals surface area contributed by atoms with Crippen LogP contribution in [0, 0.1) is 11.3 Å². The second-order valence-corrected chi connectivity index (χ2v) is 4.25. The van der Waals surface area contributed by atoms with E-state index >= 15 is 0 Å². The summed E-state index contributed by atoms with van der Waals surface area (Å²) < 4.78 is 39.0. The van der Waals surface area contributed by atoms with Crippen molar-refractivity contribution < 1.29 is 23.1 Å². The van der Waals surface area contributed by atoms with Crippen molar-refractivity contribution in [2.75, 3.05) is 0 Å². The maximum absolute atomic E-state index is 12.8. The summed E-state index contributed by atoms with van der Waals surface area (Å²) in [5.41, 5.74) is -2.30. The summed E-state index contributed by atoms with van der Waals surface area (Å²) in [4.78, 5) is 11.0. The van der Waals surface area contributed by atoms with Gasteiger partial charge < -0.3 is 5.11 Å². The van der Waals surface area contributed by atoms with Crippen LogP contribution in [-0.4, -0.2) is 20.9 Å². The summed E-state index contributed by atoms with van der Waals surface area (Å²) in [5.74, 6) is -1.83. The number of nitriles is 1. The summed E-state index contributed by atoms with van der Waals surface area (Å²) in [6.07, 6.45) is -4.95. The van der Waals surface area contributed by atoms with Crippen LogP contribution in [0.25, 0.3) is 5.69 Å². The van der Waals surface area contributed by atoms with Crippen LogP contribution in [0.2, 0.25) is 5.15 Å². The van der Waals surface area contributed by atoms with Gasteiger partial charge in [-0.3, -0.25) is 0 Å². The molecule has 1 heterocycles. The zero-order valence-corrected chi connectivity index (χ0v) is 10.8. The molecular formula is C12H5ClF3N3O2. The van der Waals surface area contributed by atoms with Crippen LogP contribution in [0.1, 0.15) is 21.6 Å². The van der Waals surface area contributed by atoms with Gasteiger partial charge in [0.2, 0.25) is 0 Å². The van der Waals surface area contributed by atoms with Crippen molar-refractivity contribution in [3.8, 4) is 11.8 Å². The smallest absolute Gasteiger partial charge is 0.436 e. The third-order valence-corrected chi connectivity index (χ3v) is 2.90. The number of hydrogen-bond donors (Lipinski definition) is 1. The van der Waals surface area contributed by atoms with Crippen molar-refractivity contribution >= 4 is 17.6 Å². The van der Waals surface area contributed by atoms with E-state index in [0.717, 1.165) is 0 Å². The molecule has 21 heavy (non-hydrogen) atoms. The molecule has 108 valence electrons. The molecule has 0 amide bonds. The van der Waals surface area contributed by atoms with E-state index in [9.17, 15) is 18.0 Å². The standard InChI is InChI=1S/C12H5ClF3N3O2/c13-10-8(11(20)21)9(12(14,15)16)18-19(10)7-3-1-6(5-17)2-4-7/h1-4H,(H,20,21). The molecule has 2 aromatic rings. The molecule has 0 atom stereocenters. The van der Waals surface area contributed by atoms with Gasteiger partial charge in [0.25, 0.3) is 0 Å². The lowest BCUT2D eigenvalue weighted by Gasteiger charge is -2.03. The minimum atomic E-state index is -4.95. The number of hydrogen-bond acceptors (Lipinski definition) is 3. The van der Waals surface area contributed by atoms with Gasteiger partial charge in [-0.15, -0.1) is 0 Å². The Kier molecular flexibility index (Phi) is 3.61. The molecule has 0 unspecified atom stereocenters. The normalized spacial score (nSPS) is 11.2. The molecule has 2 rings (SSSR count). The van der Waals surface area contributed by atoms with E-state index in [1.54, 1.807) is 0 Å². The molecule has 5 nitrogen and oxygen atoms in total. The number of aromatic carboxylic acids is 1. The van der Waals surface area contributed by atoms with Crippen molar-refractivity contribution in [2.24, 2.45) is 0 Å². The molecule has 0 bridgehead atoms. The number of carboxylic acids is 1. The molecule has 0 fully saturated rings. The first kappa shape index (κ1) is 14.9. The number of halogens is 4. The van der Waals surface area contributed by atoms with E-state index in [4.69, 9.17) is 22.0 Å². The average molecular weight is 316 g/mol. The van der Waals surface area contributed by atoms with Crippen LogP contribution in [-0.2, 0) is 6.18 Å². The molecule has 9 heteroatoms. The fraction of sp³-hybridized carbons (Fsp3) is 0.0833. The van der Waals surface area contributed by atoms with Crippen molar-refractivity contribution in [1.29, 1.82) is 5.26 Å². The summed E-state index contributed by atoms with van der Waals surface area (Å²) in [7, 11) is 0. The lowest BCUT2D eigenvalue weighted by atomic mass is 10.2. The summed E-state index contributed by atoms with van der Waals surface area (Å²) in [6.45, 7) is 0. The number of carbonyl (C=O) groups is 1. The number of rotatable bonds is 2. The Morgan fingerprint density at radius 2 is 1.90 bits per heavy atom. The van der Waals surface area contributed by atoms with Gasteiger partial charge in [-0.1, -0.05) is 11.6 Å². The maximum Gasteiger partial charge on any atom is 0.436 e. The summed E-state index contributed by atoms with van der Waals surface area (Å²) in [6, 6.07) is 7.16. The monoisotopic (exact) mass is 315 g/mol. The van der Waals surface area contributed by atoms with Gasteiger partial charge in [0.15, 0.2) is 5.69 Å². The quantitative estimate of drug-likeness (QED) is 0.923. The number of benzene rings is 1. The van der Waals surface area contributed by atoms with Gasteiger partial charge in [-0.2, -0.15) is 23.5 Å².